The standard InChI is InChI=1S/C19H17ClN6OS2/c1-2-26-17(16-15(21)13-7-4-8-22-18(13)29-16)24-25-19(26)28-10-14(27)23-12-6-3-5-11(20)9-12/h3-9H,2,10,21H2,1H3,(H,23,27). The lowest BCUT2D eigenvalue weighted by Crippen LogP contribution is -2.14. The van der Waals surface area contributed by atoms with Crippen molar-refractivity contribution in [2.45, 2.75) is 18.6 Å². The van der Waals surface area contributed by atoms with Crippen LogP contribution in [0.4, 0.5) is 11.4 Å². The minimum Gasteiger partial charge on any atom is -0.397 e. The van der Waals surface area contributed by atoms with E-state index >= 15 is 0 Å². The van der Waals surface area contributed by atoms with E-state index in [9.17, 15) is 4.79 Å². The molecule has 0 saturated heterocycles. The summed E-state index contributed by atoms with van der Waals surface area (Å²) >= 11 is 8.76. The lowest BCUT2D eigenvalue weighted by atomic mass is 10.2. The third kappa shape index (κ3) is 4.07. The van der Waals surface area contributed by atoms with Crippen LogP contribution >= 0.6 is 34.7 Å². The Morgan fingerprint density at radius 1 is 1.31 bits per heavy atom. The monoisotopic (exact) mass is 444 g/mol. The van der Waals surface area contributed by atoms with Crippen LogP contribution in [0.15, 0.2) is 47.8 Å². The Labute approximate surface area is 180 Å². The molecule has 0 aliphatic heterocycles. The van der Waals surface area contributed by atoms with Gasteiger partial charge in [0, 0.05) is 28.8 Å². The van der Waals surface area contributed by atoms with Crippen molar-refractivity contribution >= 4 is 62.2 Å². The number of benzene rings is 1. The van der Waals surface area contributed by atoms with Gasteiger partial charge in [-0.05, 0) is 37.3 Å². The van der Waals surface area contributed by atoms with Crippen molar-refractivity contribution in [1.29, 1.82) is 0 Å². The lowest BCUT2D eigenvalue weighted by Gasteiger charge is -2.07. The molecule has 0 saturated carbocycles. The minimum atomic E-state index is -0.143. The number of nitrogens with zero attached hydrogens (tertiary/aromatic N) is 4. The molecule has 3 aromatic heterocycles. The van der Waals surface area contributed by atoms with Crippen LogP contribution in [0.3, 0.4) is 0 Å². The van der Waals surface area contributed by atoms with E-state index in [-0.39, 0.29) is 11.7 Å². The van der Waals surface area contributed by atoms with E-state index in [1.54, 1.807) is 30.5 Å². The summed E-state index contributed by atoms with van der Waals surface area (Å²) in [6, 6.07) is 10.8. The van der Waals surface area contributed by atoms with Crippen molar-refractivity contribution in [3.8, 4) is 10.7 Å². The topological polar surface area (TPSA) is 98.7 Å². The highest BCUT2D eigenvalue weighted by Gasteiger charge is 2.20. The van der Waals surface area contributed by atoms with Crippen LogP contribution in [0.5, 0.6) is 0 Å². The molecule has 0 bridgehead atoms. The number of aromatic nitrogens is 4. The number of nitrogen functional groups attached to an aromatic ring is 1. The second-order valence-electron chi connectivity index (χ2n) is 6.10. The van der Waals surface area contributed by atoms with Gasteiger partial charge in [-0.3, -0.25) is 4.79 Å². The molecule has 1 aromatic carbocycles. The maximum atomic E-state index is 12.3. The molecule has 0 radical (unpaired) electrons. The van der Waals surface area contributed by atoms with E-state index in [0.29, 0.717) is 33.9 Å². The van der Waals surface area contributed by atoms with Crippen LogP contribution in [-0.4, -0.2) is 31.4 Å². The molecule has 10 heteroatoms. The third-order valence-electron chi connectivity index (χ3n) is 4.18. The predicted molar refractivity (Wildman–Crippen MR) is 120 cm³/mol. The van der Waals surface area contributed by atoms with Gasteiger partial charge < -0.3 is 15.6 Å². The fraction of sp³-hybridized carbons (Fsp3) is 0.158. The second kappa shape index (κ2) is 8.40. The molecule has 0 unspecified atom stereocenters. The highest BCUT2D eigenvalue weighted by Crippen LogP contribution is 2.39. The highest BCUT2D eigenvalue weighted by atomic mass is 35.5. The SMILES string of the molecule is CCn1c(SCC(=O)Nc2cccc(Cl)c2)nnc1-c1sc2ncccc2c1N. The number of thioether (sulfide) groups is 1. The lowest BCUT2D eigenvalue weighted by molar-refractivity contribution is -0.113. The largest absolute Gasteiger partial charge is 0.397 e. The fourth-order valence-corrected chi connectivity index (χ4v) is 4.91. The number of halogens is 1. The van der Waals surface area contributed by atoms with Crippen molar-refractivity contribution in [2.24, 2.45) is 0 Å². The molecule has 3 heterocycles. The predicted octanol–water partition coefficient (Wildman–Crippen LogP) is 4.54. The minimum absolute atomic E-state index is 0.143. The van der Waals surface area contributed by atoms with E-state index in [1.807, 2.05) is 23.6 Å². The summed E-state index contributed by atoms with van der Waals surface area (Å²) in [6.07, 6.45) is 1.74. The molecule has 3 N–H and O–H groups in total. The quantitative estimate of drug-likeness (QED) is 0.423. The molecule has 0 aliphatic rings. The molecule has 0 spiro atoms. The number of carbonyl (C=O) groups is 1. The van der Waals surface area contributed by atoms with E-state index in [1.165, 1.54) is 23.1 Å². The number of anilines is 2. The summed E-state index contributed by atoms with van der Waals surface area (Å²) in [7, 11) is 0. The van der Waals surface area contributed by atoms with Gasteiger partial charge in [0.05, 0.1) is 16.3 Å². The number of nitrogens with two attached hydrogens (primary N) is 1. The van der Waals surface area contributed by atoms with Gasteiger partial charge in [-0.2, -0.15) is 0 Å². The summed E-state index contributed by atoms with van der Waals surface area (Å²) < 4.78 is 1.96. The Balaban J connectivity index is 1.53. The molecule has 4 aromatic rings. The zero-order chi connectivity index (χ0) is 20.4. The van der Waals surface area contributed by atoms with Crippen molar-refractivity contribution in [1.82, 2.24) is 19.7 Å². The van der Waals surface area contributed by atoms with Gasteiger partial charge in [-0.15, -0.1) is 21.5 Å². The zero-order valence-electron chi connectivity index (χ0n) is 15.4. The van der Waals surface area contributed by atoms with E-state index in [2.05, 4.69) is 20.5 Å². The molecule has 0 fully saturated rings. The van der Waals surface area contributed by atoms with Crippen LogP contribution < -0.4 is 11.1 Å². The number of hydrogen-bond acceptors (Lipinski definition) is 7. The number of fused-ring (bicyclic) bond motifs is 1. The third-order valence-corrected chi connectivity index (χ3v) is 6.51. The number of pyridine rings is 1. The van der Waals surface area contributed by atoms with Crippen molar-refractivity contribution in [3.63, 3.8) is 0 Å². The number of nitrogens with one attached hydrogen (secondary N) is 1. The average molecular weight is 445 g/mol. The first kappa shape index (κ1) is 19.7. The van der Waals surface area contributed by atoms with Gasteiger partial charge in [0.15, 0.2) is 11.0 Å². The van der Waals surface area contributed by atoms with Gasteiger partial charge in [-0.25, -0.2) is 4.98 Å². The molecular weight excluding hydrogens is 428 g/mol. The zero-order valence-corrected chi connectivity index (χ0v) is 17.8. The number of thiophene rings is 1. The smallest absolute Gasteiger partial charge is 0.234 e. The summed E-state index contributed by atoms with van der Waals surface area (Å²) in [4.78, 5) is 18.4. The molecule has 4 rings (SSSR count). The number of carbonyl (C=O) groups excluding carboxylic acids is 1. The van der Waals surface area contributed by atoms with Crippen LogP contribution in [0.2, 0.25) is 5.02 Å². The molecular formula is C19H17ClN6OS2. The molecule has 29 heavy (non-hydrogen) atoms. The maximum absolute atomic E-state index is 12.3. The van der Waals surface area contributed by atoms with Gasteiger partial charge in [-0.1, -0.05) is 29.4 Å². The maximum Gasteiger partial charge on any atom is 0.234 e. The normalized spacial score (nSPS) is 11.1. The van der Waals surface area contributed by atoms with Crippen LogP contribution in [0.1, 0.15) is 6.92 Å². The van der Waals surface area contributed by atoms with Crippen LogP contribution in [0, 0.1) is 0 Å². The van der Waals surface area contributed by atoms with E-state index in [4.69, 9.17) is 17.3 Å². The van der Waals surface area contributed by atoms with E-state index in [0.717, 1.165) is 15.1 Å². The fourth-order valence-electron chi connectivity index (χ4n) is 2.86. The average Bonchev–Trinajstić information content (AvgIpc) is 3.27. The first-order valence-electron chi connectivity index (χ1n) is 8.81. The summed E-state index contributed by atoms with van der Waals surface area (Å²) in [5.74, 6) is 0.745. The number of hydrogen-bond donors (Lipinski definition) is 2. The summed E-state index contributed by atoms with van der Waals surface area (Å²) in [5, 5.41) is 13.6. The van der Waals surface area contributed by atoms with Gasteiger partial charge in [0.1, 0.15) is 4.83 Å². The Bertz CT molecular complexity index is 1190. The molecule has 0 aliphatic carbocycles. The Morgan fingerprint density at radius 2 is 2.17 bits per heavy atom. The number of amides is 1. The highest BCUT2D eigenvalue weighted by molar-refractivity contribution is 7.99. The summed E-state index contributed by atoms with van der Waals surface area (Å²) in [6.45, 7) is 2.66. The molecule has 148 valence electrons. The Morgan fingerprint density at radius 3 is 2.93 bits per heavy atom. The Kier molecular flexibility index (Phi) is 5.70. The molecule has 1 amide bonds. The first-order chi connectivity index (χ1) is 14.1. The second-order valence-corrected chi connectivity index (χ2v) is 8.48. The van der Waals surface area contributed by atoms with Gasteiger partial charge in [0.25, 0.3) is 0 Å². The molecule has 7 nitrogen and oxygen atoms in total. The van der Waals surface area contributed by atoms with Crippen molar-refractivity contribution in [2.75, 3.05) is 16.8 Å². The molecule has 0 atom stereocenters. The van der Waals surface area contributed by atoms with Crippen molar-refractivity contribution < 1.29 is 4.79 Å². The summed E-state index contributed by atoms with van der Waals surface area (Å²) in [5.41, 5.74) is 7.64. The number of rotatable bonds is 6. The van der Waals surface area contributed by atoms with Crippen LogP contribution in [0.25, 0.3) is 20.9 Å². The first-order valence-corrected chi connectivity index (χ1v) is 11.0. The van der Waals surface area contributed by atoms with Gasteiger partial charge in [0.2, 0.25) is 5.91 Å². The van der Waals surface area contributed by atoms with Gasteiger partial charge >= 0.3 is 0 Å². The van der Waals surface area contributed by atoms with E-state index < -0.39 is 0 Å². The van der Waals surface area contributed by atoms with Crippen molar-refractivity contribution in [3.05, 3.63) is 47.6 Å². The Hall–Kier alpha value is -2.62. The van der Waals surface area contributed by atoms with Crippen LogP contribution in [-0.2, 0) is 11.3 Å².